The number of likely N-dealkylation sites (N-methyl/N-ethyl adjacent to an activating group) is 1. The minimum Gasteiger partial charge on any atom is -0.403 e. The lowest BCUT2D eigenvalue weighted by Crippen LogP contribution is -2.61. The van der Waals surface area contributed by atoms with Crippen LogP contribution in [0.4, 0.5) is 23.4 Å². The number of carbonyl (C=O) groups excluding carboxylic acids is 1. The van der Waals surface area contributed by atoms with Crippen molar-refractivity contribution in [3.63, 3.8) is 0 Å². The van der Waals surface area contributed by atoms with Crippen LogP contribution in [0.3, 0.4) is 0 Å². The van der Waals surface area contributed by atoms with Gasteiger partial charge in [-0.3, -0.25) is 9.80 Å². The summed E-state index contributed by atoms with van der Waals surface area (Å²) < 4.78 is 56.5. The normalized spacial score (nSPS) is 24.5. The van der Waals surface area contributed by atoms with Gasteiger partial charge < -0.3 is 24.4 Å². The van der Waals surface area contributed by atoms with Gasteiger partial charge >= 0.3 is 6.36 Å². The number of rotatable bonds is 7. The number of fused-ring (bicyclic) bond motifs is 1. The molecule has 5 rings (SSSR count). The van der Waals surface area contributed by atoms with Crippen molar-refractivity contribution in [3.05, 3.63) is 47.2 Å². The van der Waals surface area contributed by atoms with Gasteiger partial charge in [0, 0.05) is 57.9 Å². The highest BCUT2D eigenvalue weighted by Crippen LogP contribution is 2.43. The molecular weight excluding hydrogens is 532 g/mol. The largest absolute Gasteiger partial charge is 0.573 e. The molecule has 0 saturated carbocycles. The molecule has 0 bridgehead atoms. The van der Waals surface area contributed by atoms with Gasteiger partial charge in [0.2, 0.25) is 0 Å². The topological polar surface area (TPSA) is 85.3 Å². The van der Waals surface area contributed by atoms with E-state index in [1.54, 1.807) is 0 Å². The van der Waals surface area contributed by atoms with E-state index in [-0.39, 0.29) is 5.92 Å². The zero-order valence-corrected chi connectivity index (χ0v) is 22.5. The number of aliphatic hydroxyl groups excluding tert-OH is 1. The molecule has 0 radical (unpaired) electrons. The van der Waals surface area contributed by atoms with Gasteiger partial charge in [-0.25, -0.2) is 14.4 Å². The molecule has 1 aliphatic carbocycles. The van der Waals surface area contributed by atoms with Crippen LogP contribution in [-0.4, -0.2) is 108 Å². The number of aldehydes is 1. The van der Waals surface area contributed by atoms with Crippen molar-refractivity contribution in [1.29, 1.82) is 0 Å². The molecule has 218 valence electrons. The van der Waals surface area contributed by atoms with Crippen molar-refractivity contribution >= 4 is 12.1 Å². The molecule has 0 spiro atoms. The van der Waals surface area contributed by atoms with Gasteiger partial charge in [0.1, 0.15) is 18.4 Å². The van der Waals surface area contributed by atoms with E-state index in [2.05, 4.69) is 41.2 Å². The molecule has 0 amide bonds. The third kappa shape index (κ3) is 5.92. The Morgan fingerprint density at radius 2 is 1.70 bits per heavy atom. The minimum absolute atomic E-state index is 0.135. The van der Waals surface area contributed by atoms with Crippen LogP contribution in [0.25, 0.3) is 0 Å². The van der Waals surface area contributed by atoms with Crippen LogP contribution in [0.15, 0.2) is 24.5 Å². The summed E-state index contributed by atoms with van der Waals surface area (Å²) in [5, 5.41) is 10.4. The van der Waals surface area contributed by atoms with E-state index in [4.69, 9.17) is 0 Å². The summed E-state index contributed by atoms with van der Waals surface area (Å²) >= 11 is 0. The smallest absolute Gasteiger partial charge is 0.403 e. The summed E-state index contributed by atoms with van der Waals surface area (Å²) in [5.41, 5.74) is 1.95. The highest BCUT2D eigenvalue weighted by atomic mass is 19.4. The second kappa shape index (κ2) is 11.6. The quantitative estimate of drug-likeness (QED) is 0.402. The number of halogens is 4. The molecule has 1 aromatic heterocycles. The molecule has 2 aliphatic heterocycles. The molecule has 1 N–H and O–H groups in total. The van der Waals surface area contributed by atoms with Crippen LogP contribution in [0.2, 0.25) is 0 Å². The highest BCUT2D eigenvalue weighted by molar-refractivity contribution is 5.64. The predicted octanol–water partition coefficient (Wildman–Crippen LogP) is 2.73. The standard InChI is InChI=1S/C27H34F4N6O3/c1-17-13-21(39)24-23(17)25(33-16-32-24)35-9-11-37(12-10-35)26(36-7-5-34(2)6-8-36)19(15-38)18-3-4-22(20(28)14-18)40-27(29,30)31/h3-4,14-17,19,21,26,39H,5-13H2,1-2H3/t17-,19?,21-,26?/m1/s1. The SMILES string of the molecule is C[C@@H]1C[C@@H](O)c2ncnc(N3CCN(C(C(C=O)c4ccc(OC(F)(F)F)c(F)c4)N4CCN(C)CC4)CC3)c21. The monoisotopic (exact) mass is 566 g/mol. The van der Waals surface area contributed by atoms with E-state index in [9.17, 15) is 27.5 Å². The van der Waals surface area contributed by atoms with E-state index in [1.165, 1.54) is 12.4 Å². The molecule has 40 heavy (non-hydrogen) atoms. The van der Waals surface area contributed by atoms with Crippen molar-refractivity contribution in [2.75, 3.05) is 64.3 Å². The van der Waals surface area contributed by atoms with Crippen LogP contribution in [0, 0.1) is 5.82 Å². The summed E-state index contributed by atoms with van der Waals surface area (Å²) in [6.45, 7) is 7.45. The van der Waals surface area contributed by atoms with E-state index in [1.807, 2.05) is 7.05 Å². The summed E-state index contributed by atoms with van der Waals surface area (Å²) in [6, 6.07) is 3.23. The van der Waals surface area contributed by atoms with Crippen molar-refractivity contribution in [1.82, 2.24) is 24.7 Å². The van der Waals surface area contributed by atoms with E-state index in [0.29, 0.717) is 56.9 Å². The van der Waals surface area contributed by atoms with Gasteiger partial charge in [0.15, 0.2) is 11.6 Å². The number of anilines is 1. The van der Waals surface area contributed by atoms with Crippen LogP contribution in [-0.2, 0) is 4.79 Å². The molecule has 1 aromatic carbocycles. The van der Waals surface area contributed by atoms with Gasteiger partial charge in [-0.1, -0.05) is 13.0 Å². The Morgan fingerprint density at radius 3 is 2.30 bits per heavy atom. The molecule has 3 heterocycles. The first-order valence-corrected chi connectivity index (χ1v) is 13.5. The Hall–Kier alpha value is -2.87. The molecule has 13 heteroatoms. The number of benzene rings is 1. The van der Waals surface area contributed by atoms with Crippen molar-refractivity contribution in [2.24, 2.45) is 0 Å². The highest BCUT2D eigenvalue weighted by Gasteiger charge is 2.39. The maximum atomic E-state index is 14.7. The third-order valence-corrected chi connectivity index (χ3v) is 8.21. The molecule has 9 nitrogen and oxygen atoms in total. The lowest BCUT2D eigenvalue weighted by molar-refractivity contribution is -0.275. The average molecular weight is 567 g/mol. The molecule has 2 aromatic rings. The predicted molar refractivity (Wildman–Crippen MR) is 139 cm³/mol. The molecule has 2 saturated heterocycles. The third-order valence-electron chi connectivity index (χ3n) is 8.21. The van der Waals surface area contributed by atoms with Crippen molar-refractivity contribution in [3.8, 4) is 5.75 Å². The van der Waals surface area contributed by atoms with Gasteiger partial charge in [-0.05, 0) is 37.1 Å². The maximum absolute atomic E-state index is 14.7. The summed E-state index contributed by atoms with van der Waals surface area (Å²) in [7, 11) is 2.02. The van der Waals surface area contributed by atoms with Gasteiger partial charge in [-0.2, -0.15) is 0 Å². The second-order valence-corrected chi connectivity index (χ2v) is 10.8. The zero-order valence-electron chi connectivity index (χ0n) is 22.5. The minimum atomic E-state index is -5.02. The van der Waals surface area contributed by atoms with Crippen LogP contribution in [0.1, 0.15) is 48.1 Å². The Morgan fingerprint density at radius 1 is 1.05 bits per heavy atom. The lowest BCUT2D eigenvalue weighted by Gasteiger charge is -2.48. The van der Waals surface area contributed by atoms with Gasteiger partial charge in [-0.15, -0.1) is 13.2 Å². The molecule has 2 unspecified atom stereocenters. The first-order chi connectivity index (χ1) is 19.1. The lowest BCUT2D eigenvalue weighted by atomic mass is 9.94. The van der Waals surface area contributed by atoms with Crippen LogP contribution >= 0.6 is 0 Å². The van der Waals surface area contributed by atoms with Crippen LogP contribution < -0.4 is 9.64 Å². The number of hydrogen-bond donors (Lipinski definition) is 1. The van der Waals surface area contributed by atoms with Gasteiger partial charge in [0.05, 0.1) is 23.9 Å². The Kier molecular flexibility index (Phi) is 8.27. The first-order valence-electron chi connectivity index (χ1n) is 13.5. The summed E-state index contributed by atoms with van der Waals surface area (Å²) in [6.07, 6.45) is -3.17. The number of aromatic nitrogens is 2. The fourth-order valence-electron chi connectivity index (χ4n) is 6.18. The maximum Gasteiger partial charge on any atom is 0.573 e. The Balaban J connectivity index is 1.39. The second-order valence-electron chi connectivity index (χ2n) is 10.8. The number of piperazine rings is 2. The molecule has 3 aliphatic rings. The van der Waals surface area contributed by atoms with Crippen molar-refractivity contribution < 1.29 is 32.2 Å². The number of aliphatic hydroxyl groups is 1. The van der Waals surface area contributed by atoms with Crippen molar-refractivity contribution in [2.45, 2.75) is 43.8 Å². The molecule has 2 fully saturated rings. The zero-order chi connectivity index (χ0) is 28.6. The molecular formula is C27H34F4N6O3. The van der Waals surface area contributed by atoms with E-state index < -0.39 is 36.1 Å². The van der Waals surface area contributed by atoms with Gasteiger partial charge in [0.25, 0.3) is 0 Å². The van der Waals surface area contributed by atoms with Crippen LogP contribution in [0.5, 0.6) is 5.75 Å². The summed E-state index contributed by atoms with van der Waals surface area (Å²) in [4.78, 5) is 30.2. The number of carbonyl (C=O) groups is 1. The Bertz CT molecular complexity index is 1200. The summed E-state index contributed by atoms with van der Waals surface area (Å²) in [5.74, 6) is -1.93. The van der Waals surface area contributed by atoms with E-state index in [0.717, 1.165) is 42.9 Å². The fourth-order valence-corrected chi connectivity index (χ4v) is 6.18. The number of nitrogens with zero attached hydrogens (tertiary/aromatic N) is 6. The fraction of sp³-hybridized carbons (Fsp3) is 0.593. The number of alkyl halides is 3. The number of hydrogen-bond acceptors (Lipinski definition) is 9. The average Bonchev–Trinajstić information content (AvgIpc) is 3.22. The van der Waals surface area contributed by atoms with E-state index >= 15 is 0 Å². The number of ether oxygens (including phenoxy) is 1. The molecule has 4 atom stereocenters. The first kappa shape index (κ1) is 28.7. The Labute approximate surface area is 230 Å².